The molecular weight excluding hydrogens is 420 g/mol. The number of nitrogens with zero attached hydrogens (tertiary/aromatic N) is 2. The van der Waals surface area contributed by atoms with Crippen molar-refractivity contribution >= 4 is 29.3 Å². The van der Waals surface area contributed by atoms with E-state index < -0.39 is 12.5 Å². The van der Waals surface area contributed by atoms with E-state index in [1.54, 1.807) is 18.2 Å². The lowest BCUT2D eigenvalue weighted by Gasteiger charge is -2.28. The van der Waals surface area contributed by atoms with Gasteiger partial charge in [-0.15, -0.1) is 0 Å². The molecule has 0 aliphatic carbocycles. The number of carbonyl (C=O) groups is 2. The van der Waals surface area contributed by atoms with Gasteiger partial charge in [-0.25, -0.2) is 0 Å². The maximum absolute atomic E-state index is 12.5. The van der Waals surface area contributed by atoms with Crippen molar-refractivity contribution in [1.82, 2.24) is 4.90 Å². The molecule has 0 unspecified atom stereocenters. The Labute approximate surface area is 185 Å². The summed E-state index contributed by atoms with van der Waals surface area (Å²) in [6, 6.07) is 13.6. The number of nitrogens with one attached hydrogen (secondary N) is 1. The number of hydrogen-bond donors (Lipinski definition) is 1. The predicted octanol–water partition coefficient (Wildman–Crippen LogP) is 3.23. The van der Waals surface area contributed by atoms with Gasteiger partial charge in [-0.1, -0.05) is 18.2 Å². The Balaban J connectivity index is 1.52. The minimum atomic E-state index is -2.96. The zero-order valence-electron chi connectivity index (χ0n) is 17.7. The Morgan fingerprint density at radius 3 is 2.53 bits per heavy atom. The molecule has 0 radical (unpaired) electrons. The fourth-order valence-electron chi connectivity index (χ4n) is 3.18. The van der Waals surface area contributed by atoms with E-state index in [1.165, 1.54) is 30.2 Å². The molecule has 0 aromatic heterocycles. The SMILES string of the molecule is CN(CC(=O)Nc1ccc(N2CCOCC2)cc1)C(=O)/C=C/c1ccccc1OC(F)F. The van der Waals surface area contributed by atoms with E-state index in [9.17, 15) is 18.4 Å². The number of halogens is 2. The van der Waals surface area contributed by atoms with Crippen molar-refractivity contribution < 1.29 is 27.8 Å². The van der Waals surface area contributed by atoms with Crippen molar-refractivity contribution in [1.29, 1.82) is 0 Å². The number of ether oxygens (including phenoxy) is 2. The number of alkyl halides is 2. The molecule has 0 atom stereocenters. The van der Waals surface area contributed by atoms with Gasteiger partial charge in [0.15, 0.2) is 0 Å². The molecule has 7 nitrogen and oxygen atoms in total. The van der Waals surface area contributed by atoms with E-state index in [0.717, 1.165) is 18.8 Å². The molecule has 0 spiro atoms. The van der Waals surface area contributed by atoms with Crippen LogP contribution in [0.3, 0.4) is 0 Å². The third-order valence-corrected chi connectivity index (χ3v) is 4.82. The van der Waals surface area contributed by atoms with E-state index in [0.29, 0.717) is 24.5 Å². The van der Waals surface area contributed by atoms with Gasteiger partial charge in [0.25, 0.3) is 0 Å². The Kier molecular flexibility index (Phi) is 8.15. The Hall–Kier alpha value is -3.46. The second kappa shape index (κ2) is 11.2. The number of para-hydroxylation sites is 1. The van der Waals surface area contributed by atoms with Gasteiger partial charge in [0.05, 0.1) is 19.8 Å². The second-order valence-corrected chi connectivity index (χ2v) is 7.14. The maximum atomic E-state index is 12.5. The topological polar surface area (TPSA) is 71.1 Å². The third kappa shape index (κ3) is 6.78. The molecule has 2 aromatic rings. The van der Waals surface area contributed by atoms with Crippen LogP contribution >= 0.6 is 0 Å². The van der Waals surface area contributed by atoms with Gasteiger partial charge in [0.1, 0.15) is 5.75 Å². The van der Waals surface area contributed by atoms with Crippen LogP contribution in [0.25, 0.3) is 6.08 Å². The molecule has 3 rings (SSSR count). The average Bonchev–Trinajstić information content (AvgIpc) is 2.79. The van der Waals surface area contributed by atoms with E-state index >= 15 is 0 Å². The first-order valence-corrected chi connectivity index (χ1v) is 10.1. The zero-order chi connectivity index (χ0) is 22.9. The molecular formula is C23H25F2N3O4. The van der Waals surface area contributed by atoms with Crippen LogP contribution in [-0.4, -0.2) is 63.2 Å². The predicted molar refractivity (Wildman–Crippen MR) is 118 cm³/mol. The smallest absolute Gasteiger partial charge is 0.387 e. The van der Waals surface area contributed by atoms with Crippen molar-refractivity contribution in [2.24, 2.45) is 0 Å². The standard InChI is InChI=1S/C23H25F2N3O4/c1-27(22(30)11-6-17-4-2-3-5-20(17)32-23(24)25)16-21(29)26-18-7-9-19(10-8-18)28-12-14-31-15-13-28/h2-11,23H,12-16H2,1H3,(H,26,29)/b11-6+. The first kappa shape index (κ1) is 23.2. The zero-order valence-corrected chi connectivity index (χ0v) is 17.7. The lowest BCUT2D eigenvalue weighted by atomic mass is 10.2. The molecule has 32 heavy (non-hydrogen) atoms. The Morgan fingerprint density at radius 2 is 1.84 bits per heavy atom. The summed E-state index contributed by atoms with van der Waals surface area (Å²) in [6.07, 6.45) is 2.58. The molecule has 0 saturated carbocycles. The third-order valence-electron chi connectivity index (χ3n) is 4.82. The van der Waals surface area contributed by atoms with Gasteiger partial charge < -0.3 is 24.6 Å². The molecule has 1 aliphatic rings. The Morgan fingerprint density at radius 1 is 1.16 bits per heavy atom. The van der Waals surface area contributed by atoms with Crippen LogP contribution in [0.1, 0.15) is 5.56 Å². The minimum Gasteiger partial charge on any atom is -0.434 e. The normalized spacial score (nSPS) is 13.9. The number of carbonyl (C=O) groups excluding carboxylic acids is 2. The van der Waals surface area contributed by atoms with Gasteiger partial charge in [-0.05, 0) is 36.4 Å². The lowest BCUT2D eigenvalue weighted by Crippen LogP contribution is -2.36. The van der Waals surface area contributed by atoms with Crippen LogP contribution in [0, 0.1) is 0 Å². The van der Waals surface area contributed by atoms with Crippen LogP contribution in [0.4, 0.5) is 20.2 Å². The monoisotopic (exact) mass is 445 g/mol. The number of amides is 2. The largest absolute Gasteiger partial charge is 0.434 e. The van der Waals surface area contributed by atoms with Crippen LogP contribution in [-0.2, 0) is 14.3 Å². The fraction of sp³-hybridized carbons (Fsp3) is 0.304. The highest BCUT2D eigenvalue weighted by Gasteiger charge is 2.14. The molecule has 9 heteroatoms. The van der Waals surface area contributed by atoms with Gasteiger partial charge >= 0.3 is 6.61 Å². The number of anilines is 2. The number of rotatable bonds is 8. The summed E-state index contributed by atoms with van der Waals surface area (Å²) >= 11 is 0. The summed E-state index contributed by atoms with van der Waals surface area (Å²) in [4.78, 5) is 28.0. The highest BCUT2D eigenvalue weighted by atomic mass is 19.3. The summed E-state index contributed by atoms with van der Waals surface area (Å²) in [5.41, 5.74) is 2.01. The summed E-state index contributed by atoms with van der Waals surface area (Å²) in [5.74, 6) is -0.836. The van der Waals surface area contributed by atoms with Gasteiger partial charge in [0.2, 0.25) is 11.8 Å². The van der Waals surface area contributed by atoms with Gasteiger partial charge in [-0.3, -0.25) is 9.59 Å². The number of hydrogen-bond acceptors (Lipinski definition) is 5. The number of benzene rings is 2. The molecule has 1 aliphatic heterocycles. The molecule has 1 saturated heterocycles. The van der Waals surface area contributed by atoms with Crippen molar-refractivity contribution in [2.45, 2.75) is 6.61 Å². The number of morpholine rings is 1. The van der Waals surface area contributed by atoms with Crippen molar-refractivity contribution in [3.63, 3.8) is 0 Å². The van der Waals surface area contributed by atoms with E-state index in [-0.39, 0.29) is 18.2 Å². The minimum absolute atomic E-state index is 0.0347. The quantitative estimate of drug-likeness (QED) is 0.632. The molecule has 170 valence electrons. The first-order chi connectivity index (χ1) is 15.4. The maximum Gasteiger partial charge on any atom is 0.387 e. The van der Waals surface area contributed by atoms with Crippen molar-refractivity contribution in [3.05, 3.63) is 60.2 Å². The Bertz CT molecular complexity index is 945. The van der Waals surface area contributed by atoms with Crippen LogP contribution in [0.5, 0.6) is 5.75 Å². The average molecular weight is 445 g/mol. The molecule has 1 fully saturated rings. The summed E-state index contributed by atoms with van der Waals surface area (Å²) in [5, 5.41) is 2.76. The molecule has 1 heterocycles. The van der Waals surface area contributed by atoms with Gasteiger partial charge in [-0.2, -0.15) is 8.78 Å². The first-order valence-electron chi connectivity index (χ1n) is 10.1. The van der Waals surface area contributed by atoms with Crippen LogP contribution < -0.4 is 15.0 Å². The lowest BCUT2D eigenvalue weighted by molar-refractivity contribution is -0.129. The second-order valence-electron chi connectivity index (χ2n) is 7.14. The van der Waals surface area contributed by atoms with Crippen LogP contribution in [0.2, 0.25) is 0 Å². The number of likely N-dealkylation sites (N-methyl/N-ethyl adjacent to an activating group) is 1. The van der Waals surface area contributed by atoms with E-state index in [2.05, 4.69) is 15.0 Å². The summed E-state index contributed by atoms with van der Waals surface area (Å²) in [6.45, 7) is -0.0928. The molecule has 1 N–H and O–H groups in total. The molecule has 2 amide bonds. The molecule has 2 aromatic carbocycles. The summed E-state index contributed by atoms with van der Waals surface area (Å²) in [7, 11) is 1.48. The highest BCUT2D eigenvalue weighted by molar-refractivity contribution is 5.98. The highest BCUT2D eigenvalue weighted by Crippen LogP contribution is 2.22. The summed E-state index contributed by atoms with van der Waals surface area (Å²) < 4.78 is 34.8. The van der Waals surface area contributed by atoms with Crippen molar-refractivity contribution in [2.75, 3.05) is 50.1 Å². The molecule has 0 bridgehead atoms. The van der Waals surface area contributed by atoms with Crippen molar-refractivity contribution in [3.8, 4) is 5.75 Å². The van der Waals surface area contributed by atoms with E-state index in [1.807, 2.05) is 24.3 Å². The van der Waals surface area contributed by atoms with Gasteiger partial charge in [0, 0.05) is 43.2 Å². The van der Waals surface area contributed by atoms with Crippen LogP contribution in [0.15, 0.2) is 54.6 Å². The van der Waals surface area contributed by atoms with E-state index in [4.69, 9.17) is 4.74 Å². The fourth-order valence-corrected chi connectivity index (χ4v) is 3.18.